The van der Waals surface area contributed by atoms with Crippen molar-refractivity contribution in [2.24, 2.45) is 0 Å². The van der Waals surface area contributed by atoms with E-state index in [1.165, 1.54) is 30.7 Å². The number of carbonyl (C=O) groups is 1. The number of hydrogen-bond acceptors (Lipinski definition) is 6. The zero-order valence-electron chi connectivity index (χ0n) is 19.6. The summed E-state index contributed by atoms with van der Waals surface area (Å²) in [5.41, 5.74) is 2.09. The van der Waals surface area contributed by atoms with Gasteiger partial charge in [0.05, 0.1) is 31.7 Å². The normalized spacial score (nSPS) is 11.5. The molecule has 0 radical (unpaired) electrons. The van der Waals surface area contributed by atoms with E-state index in [-0.39, 0.29) is 30.5 Å². The molecule has 0 fully saturated rings. The van der Waals surface area contributed by atoms with Crippen LogP contribution in [-0.4, -0.2) is 57.4 Å². The van der Waals surface area contributed by atoms with E-state index in [1.54, 1.807) is 28.4 Å². The van der Waals surface area contributed by atoms with E-state index < -0.39 is 10.0 Å². The van der Waals surface area contributed by atoms with Crippen molar-refractivity contribution in [1.82, 2.24) is 9.21 Å². The molecule has 0 saturated carbocycles. The lowest BCUT2D eigenvalue weighted by atomic mass is 10.2. The van der Waals surface area contributed by atoms with Crippen LogP contribution in [0.2, 0.25) is 0 Å². The highest BCUT2D eigenvalue weighted by Gasteiger charge is 2.29. The molecule has 1 amide bonds. The Morgan fingerprint density at radius 1 is 0.971 bits per heavy atom. The van der Waals surface area contributed by atoms with Gasteiger partial charge in [-0.15, -0.1) is 11.3 Å². The standard InChI is InChI=1S/C25H30N2O5S2/c1-20-13-16-33-24(20)18-26(17-21-7-5-4-6-8-21)25(28)19-27(14-15-31-2)34(29,30)23-11-9-22(32-3)10-12-23/h4-13,16H,14-15,17-19H2,1-3H3. The number of amides is 1. The Morgan fingerprint density at radius 3 is 2.26 bits per heavy atom. The third-order valence-corrected chi connectivity index (χ3v) is 8.29. The topological polar surface area (TPSA) is 76.2 Å². The summed E-state index contributed by atoms with van der Waals surface area (Å²) in [6.07, 6.45) is 0. The number of nitrogens with zero attached hydrogens (tertiary/aromatic N) is 2. The van der Waals surface area contributed by atoms with Crippen molar-refractivity contribution in [2.45, 2.75) is 24.9 Å². The molecule has 7 nitrogen and oxygen atoms in total. The predicted octanol–water partition coefficient (Wildman–Crippen LogP) is 3.93. The van der Waals surface area contributed by atoms with E-state index in [0.717, 1.165) is 16.0 Å². The van der Waals surface area contributed by atoms with Crippen LogP contribution < -0.4 is 4.74 Å². The van der Waals surface area contributed by atoms with E-state index in [2.05, 4.69) is 0 Å². The van der Waals surface area contributed by atoms with Gasteiger partial charge >= 0.3 is 0 Å². The molecule has 0 atom stereocenters. The molecule has 0 aliphatic rings. The Kier molecular flexibility index (Phi) is 9.23. The van der Waals surface area contributed by atoms with Crippen molar-refractivity contribution in [3.63, 3.8) is 0 Å². The third-order valence-electron chi connectivity index (χ3n) is 5.43. The number of benzene rings is 2. The molecule has 1 aromatic heterocycles. The molecule has 34 heavy (non-hydrogen) atoms. The number of aryl methyl sites for hydroxylation is 1. The molecule has 0 bridgehead atoms. The quantitative estimate of drug-likeness (QED) is 0.375. The van der Waals surface area contributed by atoms with Crippen molar-refractivity contribution >= 4 is 27.3 Å². The first-order valence-electron chi connectivity index (χ1n) is 10.8. The van der Waals surface area contributed by atoms with Crippen molar-refractivity contribution in [2.75, 3.05) is 33.9 Å². The maximum Gasteiger partial charge on any atom is 0.243 e. The summed E-state index contributed by atoms with van der Waals surface area (Å²) >= 11 is 1.59. The van der Waals surface area contributed by atoms with Crippen LogP contribution in [0.5, 0.6) is 5.75 Å². The van der Waals surface area contributed by atoms with E-state index >= 15 is 0 Å². The molecule has 0 aliphatic heterocycles. The largest absolute Gasteiger partial charge is 0.497 e. The number of thiophene rings is 1. The molecule has 3 rings (SSSR count). The molecule has 0 unspecified atom stereocenters. The maximum absolute atomic E-state index is 13.5. The second kappa shape index (κ2) is 12.1. The van der Waals surface area contributed by atoms with Crippen molar-refractivity contribution in [3.05, 3.63) is 82.0 Å². The SMILES string of the molecule is COCCN(CC(=O)N(Cc1ccccc1)Cc1sccc1C)S(=O)(=O)c1ccc(OC)cc1. The number of methoxy groups -OCH3 is 2. The molecule has 2 aromatic carbocycles. The Morgan fingerprint density at radius 2 is 1.68 bits per heavy atom. The number of rotatable bonds is 12. The van der Waals surface area contributed by atoms with Crippen LogP contribution in [0.3, 0.4) is 0 Å². The average molecular weight is 503 g/mol. The summed E-state index contributed by atoms with van der Waals surface area (Å²) in [4.78, 5) is 16.4. The van der Waals surface area contributed by atoms with Gasteiger partial charge in [0.15, 0.2) is 0 Å². The van der Waals surface area contributed by atoms with Crippen LogP contribution in [0.25, 0.3) is 0 Å². The van der Waals surface area contributed by atoms with Crippen LogP contribution in [-0.2, 0) is 32.6 Å². The Balaban J connectivity index is 1.86. The van der Waals surface area contributed by atoms with E-state index in [0.29, 0.717) is 18.8 Å². The van der Waals surface area contributed by atoms with Crippen LogP contribution in [0.1, 0.15) is 16.0 Å². The highest BCUT2D eigenvalue weighted by molar-refractivity contribution is 7.89. The summed E-state index contributed by atoms with van der Waals surface area (Å²) in [7, 11) is -0.898. The molecule has 0 N–H and O–H groups in total. The molecular formula is C25H30N2O5S2. The van der Waals surface area contributed by atoms with E-state index in [4.69, 9.17) is 9.47 Å². The van der Waals surface area contributed by atoms with E-state index in [9.17, 15) is 13.2 Å². The lowest BCUT2D eigenvalue weighted by molar-refractivity contribution is -0.132. The fourth-order valence-corrected chi connectivity index (χ4v) is 5.69. The van der Waals surface area contributed by atoms with Crippen molar-refractivity contribution in [1.29, 1.82) is 0 Å². The molecule has 0 spiro atoms. The monoisotopic (exact) mass is 502 g/mol. The number of ether oxygens (including phenoxy) is 2. The van der Waals surface area contributed by atoms with Gasteiger partial charge in [-0.25, -0.2) is 8.42 Å². The first-order chi connectivity index (χ1) is 16.3. The van der Waals surface area contributed by atoms with Crippen LogP contribution in [0, 0.1) is 6.92 Å². The van der Waals surface area contributed by atoms with Gasteiger partial charge in [-0.05, 0) is 53.8 Å². The van der Waals surface area contributed by atoms with Gasteiger partial charge in [0.1, 0.15) is 5.75 Å². The minimum Gasteiger partial charge on any atom is -0.497 e. The minimum absolute atomic E-state index is 0.0633. The number of carbonyl (C=O) groups excluding carboxylic acids is 1. The molecule has 3 aromatic rings. The summed E-state index contributed by atoms with van der Waals surface area (Å²) < 4.78 is 38.2. The van der Waals surface area contributed by atoms with E-state index in [1.807, 2.05) is 48.7 Å². The van der Waals surface area contributed by atoms with Crippen LogP contribution >= 0.6 is 11.3 Å². The Bertz CT molecular complexity index is 1160. The first kappa shape index (κ1) is 25.9. The number of sulfonamides is 1. The van der Waals surface area contributed by atoms with Gasteiger partial charge in [0.25, 0.3) is 0 Å². The fourth-order valence-electron chi connectivity index (χ4n) is 3.40. The second-order valence-corrected chi connectivity index (χ2v) is 10.7. The smallest absolute Gasteiger partial charge is 0.243 e. The zero-order valence-corrected chi connectivity index (χ0v) is 21.3. The highest BCUT2D eigenvalue weighted by Crippen LogP contribution is 2.22. The third kappa shape index (κ3) is 6.66. The van der Waals surface area contributed by atoms with Gasteiger partial charge in [-0.3, -0.25) is 4.79 Å². The lowest BCUT2D eigenvalue weighted by Gasteiger charge is -2.27. The first-order valence-corrected chi connectivity index (χ1v) is 13.1. The molecule has 0 saturated heterocycles. The molecule has 1 heterocycles. The Labute approximate surface area is 205 Å². The van der Waals surface area contributed by atoms with Gasteiger partial charge in [0, 0.05) is 25.1 Å². The summed E-state index contributed by atoms with van der Waals surface area (Å²) in [5.74, 6) is 0.281. The highest BCUT2D eigenvalue weighted by atomic mass is 32.2. The summed E-state index contributed by atoms with van der Waals surface area (Å²) in [6, 6.07) is 17.8. The van der Waals surface area contributed by atoms with Crippen LogP contribution in [0.4, 0.5) is 0 Å². The van der Waals surface area contributed by atoms with Crippen molar-refractivity contribution in [3.8, 4) is 5.75 Å². The van der Waals surface area contributed by atoms with Gasteiger partial charge in [0.2, 0.25) is 15.9 Å². The van der Waals surface area contributed by atoms with Gasteiger partial charge in [-0.1, -0.05) is 30.3 Å². The number of hydrogen-bond donors (Lipinski definition) is 0. The predicted molar refractivity (Wildman–Crippen MR) is 133 cm³/mol. The van der Waals surface area contributed by atoms with Gasteiger partial charge in [-0.2, -0.15) is 4.31 Å². The molecular weight excluding hydrogens is 472 g/mol. The zero-order chi connectivity index (χ0) is 24.6. The maximum atomic E-state index is 13.5. The van der Waals surface area contributed by atoms with Crippen molar-refractivity contribution < 1.29 is 22.7 Å². The Hall–Kier alpha value is -2.72. The second-order valence-electron chi connectivity index (χ2n) is 7.77. The summed E-state index contributed by atoms with van der Waals surface area (Å²) in [6.45, 7) is 2.76. The minimum atomic E-state index is -3.92. The fraction of sp³-hybridized carbons (Fsp3) is 0.320. The molecule has 182 valence electrons. The molecule has 0 aliphatic carbocycles. The average Bonchev–Trinajstić information content (AvgIpc) is 3.25. The molecule has 9 heteroatoms. The van der Waals surface area contributed by atoms with Gasteiger partial charge < -0.3 is 14.4 Å². The lowest BCUT2D eigenvalue weighted by Crippen LogP contribution is -2.43. The summed E-state index contributed by atoms with van der Waals surface area (Å²) in [5, 5.41) is 1.99. The van der Waals surface area contributed by atoms with Crippen LogP contribution in [0.15, 0.2) is 70.9 Å².